The SMILES string of the molecule is Oc1c(Cl)cc(Cl)cc1C=NNc1ccc2ccccc2n1. The zero-order valence-corrected chi connectivity index (χ0v) is 12.8. The first-order chi connectivity index (χ1) is 10.6. The molecule has 3 aromatic rings. The van der Waals surface area contributed by atoms with Gasteiger partial charge in [0.25, 0.3) is 0 Å². The van der Waals surface area contributed by atoms with E-state index in [2.05, 4.69) is 15.5 Å². The quantitative estimate of drug-likeness (QED) is 0.540. The molecular weight excluding hydrogens is 321 g/mol. The highest BCUT2D eigenvalue weighted by molar-refractivity contribution is 6.36. The fraction of sp³-hybridized carbons (Fsp3) is 0. The monoisotopic (exact) mass is 331 g/mol. The number of hydrogen-bond acceptors (Lipinski definition) is 4. The average Bonchev–Trinajstić information content (AvgIpc) is 2.52. The Kier molecular flexibility index (Phi) is 4.13. The number of phenols is 1. The summed E-state index contributed by atoms with van der Waals surface area (Å²) in [7, 11) is 0. The van der Waals surface area contributed by atoms with Crippen LogP contribution < -0.4 is 5.43 Å². The maximum absolute atomic E-state index is 9.84. The molecule has 1 aromatic heterocycles. The number of hydrazone groups is 1. The molecule has 0 atom stereocenters. The third-order valence-electron chi connectivity index (χ3n) is 3.04. The average molecular weight is 332 g/mol. The number of pyridine rings is 1. The minimum atomic E-state index is -0.0666. The van der Waals surface area contributed by atoms with Gasteiger partial charge >= 0.3 is 0 Å². The van der Waals surface area contributed by atoms with Crippen molar-refractivity contribution in [2.75, 3.05) is 5.43 Å². The molecule has 2 aromatic carbocycles. The Morgan fingerprint density at radius 2 is 1.91 bits per heavy atom. The van der Waals surface area contributed by atoms with Gasteiger partial charge in [0.1, 0.15) is 11.6 Å². The van der Waals surface area contributed by atoms with Crippen molar-refractivity contribution in [3.8, 4) is 5.75 Å². The van der Waals surface area contributed by atoms with Crippen molar-refractivity contribution in [3.05, 3.63) is 64.1 Å². The summed E-state index contributed by atoms with van der Waals surface area (Å²) in [5.41, 5.74) is 4.11. The Morgan fingerprint density at radius 1 is 1.09 bits per heavy atom. The number of benzene rings is 2. The molecule has 0 saturated heterocycles. The Hall–Kier alpha value is -2.30. The van der Waals surface area contributed by atoms with Gasteiger partial charge in [-0.25, -0.2) is 4.98 Å². The van der Waals surface area contributed by atoms with Gasteiger partial charge in [-0.2, -0.15) is 5.10 Å². The van der Waals surface area contributed by atoms with E-state index in [1.165, 1.54) is 12.3 Å². The van der Waals surface area contributed by atoms with Gasteiger partial charge in [0.05, 0.1) is 16.8 Å². The molecule has 0 unspecified atom stereocenters. The van der Waals surface area contributed by atoms with Crippen LogP contribution in [0.1, 0.15) is 5.56 Å². The standard InChI is InChI=1S/C16H11Cl2N3O/c17-12-7-11(16(22)13(18)8-12)9-19-21-15-6-5-10-3-1-2-4-14(10)20-15/h1-9,22H,(H,20,21). The van der Waals surface area contributed by atoms with E-state index in [1.54, 1.807) is 6.07 Å². The van der Waals surface area contributed by atoms with Crippen LogP contribution in [-0.4, -0.2) is 16.3 Å². The van der Waals surface area contributed by atoms with E-state index in [4.69, 9.17) is 23.2 Å². The number of halogens is 2. The summed E-state index contributed by atoms with van der Waals surface area (Å²) in [5.74, 6) is 0.533. The summed E-state index contributed by atoms with van der Waals surface area (Å²) in [6, 6.07) is 14.6. The summed E-state index contributed by atoms with van der Waals surface area (Å²) in [5, 5.41) is 15.5. The highest BCUT2D eigenvalue weighted by Crippen LogP contribution is 2.30. The second kappa shape index (κ2) is 6.22. The van der Waals surface area contributed by atoms with Gasteiger partial charge in [-0.1, -0.05) is 41.4 Å². The van der Waals surface area contributed by atoms with E-state index in [-0.39, 0.29) is 10.8 Å². The molecule has 0 saturated carbocycles. The lowest BCUT2D eigenvalue weighted by Crippen LogP contribution is -1.94. The molecule has 1 heterocycles. The van der Waals surface area contributed by atoms with Crippen LogP contribution in [0.3, 0.4) is 0 Å². The van der Waals surface area contributed by atoms with E-state index < -0.39 is 0 Å². The van der Waals surface area contributed by atoms with Crippen LogP contribution >= 0.6 is 23.2 Å². The fourth-order valence-electron chi connectivity index (χ4n) is 1.98. The van der Waals surface area contributed by atoms with E-state index in [0.717, 1.165) is 10.9 Å². The van der Waals surface area contributed by atoms with E-state index in [9.17, 15) is 5.11 Å². The molecule has 110 valence electrons. The second-order valence-corrected chi connectivity index (χ2v) is 5.43. The summed E-state index contributed by atoms with van der Waals surface area (Å²) in [6.07, 6.45) is 1.43. The van der Waals surface area contributed by atoms with Gasteiger partial charge in [0.2, 0.25) is 0 Å². The van der Waals surface area contributed by atoms with Crippen molar-refractivity contribution in [2.24, 2.45) is 5.10 Å². The molecule has 4 nitrogen and oxygen atoms in total. The number of rotatable bonds is 3. The Bertz CT molecular complexity index is 865. The molecule has 2 N–H and O–H groups in total. The summed E-state index contributed by atoms with van der Waals surface area (Å²) >= 11 is 11.7. The predicted octanol–water partition coefficient (Wildman–Crippen LogP) is 4.69. The lowest BCUT2D eigenvalue weighted by atomic mass is 10.2. The zero-order valence-electron chi connectivity index (χ0n) is 11.3. The smallest absolute Gasteiger partial charge is 0.146 e. The molecule has 0 bridgehead atoms. The Balaban J connectivity index is 1.81. The molecule has 22 heavy (non-hydrogen) atoms. The first-order valence-electron chi connectivity index (χ1n) is 6.46. The van der Waals surface area contributed by atoms with Crippen molar-refractivity contribution in [2.45, 2.75) is 0 Å². The summed E-state index contributed by atoms with van der Waals surface area (Å²) in [4.78, 5) is 4.42. The molecule has 0 aliphatic heterocycles. The molecule has 6 heteroatoms. The molecule has 0 aliphatic carbocycles. The van der Waals surface area contributed by atoms with Crippen LogP contribution in [0.25, 0.3) is 10.9 Å². The van der Waals surface area contributed by atoms with Crippen molar-refractivity contribution in [1.82, 2.24) is 4.98 Å². The van der Waals surface area contributed by atoms with Gasteiger partial charge in [0.15, 0.2) is 0 Å². The number of anilines is 1. The molecule has 0 radical (unpaired) electrons. The van der Waals surface area contributed by atoms with Gasteiger partial charge in [0, 0.05) is 16.0 Å². The summed E-state index contributed by atoms with van der Waals surface area (Å²) in [6.45, 7) is 0. The second-order valence-electron chi connectivity index (χ2n) is 4.58. The third-order valence-corrected chi connectivity index (χ3v) is 3.55. The lowest BCUT2D eigenvalue weighted by Gasteiger charge is -2.04. The molecule has 0 fully saturated rings. The highest BCUT2D eigenvalue weighted by atomic mass is 35.5. The number of fused-ring (bicyclic) bond motifs is 1. The largest absolute Gasteiger partial charge is 0.506 e. The van der Waals surface area contributed by atoms with Gasteiger partial charge in [-0.3, -0.25) is 5.43 Å². The fourth-order valence-corrected chi connectivity index (χ4v) is 2.49. The predicted molar refractivity (Wildman–Crippen MR) is 91.1 cm³/mol. The number of nitrogens with zero attached hydrogens (tertiary/aromatic N) is 2. The van der Waals surface area contributed by atoms with E-state index in [1.807, 2.05) is 36.4 Å². The van der Waals surface area contributed by atoms with Crippen molar-refractivity contribution < 1.29 is 5.11 Å². The normalized spacial score (nSPS) is 11.2. The number of nitrogens with one attached hydrogen (secondary N) is 1. The van der Waals surface area contributed by atoms with Crippen LogP contribution in [0.5, 0.6) is 5.75 Å². The van der Waals surface area contributed by atoms with Crippen LogP contribution in [0.2, 0.25) is 10.0 Å². The molecule has 3 rings (SSSR count). The van der Waals surface area contributed by atoms with Gasteiger partial charge in [-0.15, -0.1) is 0 Å². The first-order valence-corrected chi connectivity index (χ1v) is 7.22. The molecule has 0 amide bonds. The maximum Gasteiger partial charge on any atom is 0.146 e. The van der Waals surface area contributed by atoms with Crippen LogP contribution in [0.15, 0.2) is 53.6 Å². The van der Waals surface area contributed by atoms with Gasteiger partial charge in [-0.05, 0) is 30.3 Å². The van der Waals surface area contributed by atoms with E-state index in [0.29, 0.717) is 16.4 Å². The van der Waals surface area contributed by atoms with Crippen LogP contribution in [0, 0.1) is 0 Å². The Morgan fingerprint density at radius 3 is 2.77 bits per heavy atom. The molecule has 0 spiro atoms. The minimum Gasteiger partial charge on any atom is -0.506 e. The first kappa shape index (κ1) is 14.6. The van der Waals surface area contributed by atoms with Crippen LogP contribution in [0.4, 0.5) is 5.82 Å². The van der Waals surface area contributed by atoms with Crippen molar-refractivity contribution >= 4 is 46.1 Å². The maximum atomic E-state index is 9.84. The number of para-hydroxylation sites is 1. The number of hydrogen-bond donors (Lipinski definition) is 2. The molecular formula is C16H11Cl2N3O. The molecule has 0 aliphatic rings. The number of phenolic OH excluding ortho intramolecular Hbond substituents is 1. The number of aromatic hydroxyl groups is 1. The van der Waals surface area contributed by atoms with Gasteiger partial charge < -0.3 is 5.11 Å². The van der Waals surface area contributed by atoms with Crippen molar-refractivity contribution in [1.29, 1.82) is 0 Å². The minimum absolute atomic E-state index is 0.0666. The number of aromatic nitrogens is 1. The third kappa shape index (κ3) is 3.13. The lowest BCUT2D eigenvalue weighted by molar-refractivity contribution is 0.475. The van der Waals surface area contributed by atoms with Crippen LogP contribution in [-0.2, 0) is 0 Å². The van der Waals surface area contributed by atoms with E-state index >= 15 is 0 Å². The summed E-state index contributed by atoms with van der Waals surface area (Å²) < 4.78 is 0. The zero-order chi connectivity index (χ0) is 15.5. The topological polar surface area (TPSA) is 57.5 Å². The highest BCUT2D eigenvalue weighted by Gasteiger charge is 2.05. The van der Waals surface area contributed by atoms with Crippen molar-refractivity contribution in [3.63, 3.8) is 0 Å². The Labute approximate surface area is 137 Å².